The molecule has 0 saturated heterocycles. The fourth-order valence-electron chi connectivity index (χ4n) is 1.86. The van der Waals surface area contributed by atoms with Gasteiger partial charge in [0.2, 0.25) is 5.91 Å². The van der Waals surface area contributed by atoms with E-state index in [1.54, 1.807) is 13.8 Å². The molecule has 0 bridgehead atoms. The van der Waals surface area contributed by atoms with E-state index in [-0.39, 0.29) is 18.6 Å². The van der Waals surface area contributed by atoms with Crippen LogP contribution < -0.4 is 10.1 Å². The predicted molar refractivity (Wildman–Crippen MR) is 72.4 cm³/mol. The van der Waals surface area contributed by atoms with Crippen LogP contribution in [0.15, 0.2) is 24.3 Å². The van der Waals surface area contributed by atoms with Crippen LogP contribution in [0.3, 0.4) is 0 Å². The summed E-state index contributed by atoms with van der Waals surface area (Å²) < 4.78 is 28.4. The quantitative estimate of drug-likeness (QED) is 0.811. The molecular formula is C14H17F2NO4. The van der Waals surface area contributed by atoms with E-state index < -0.39 is 23.9 Å². The minimum absolute atomic E-state index is 0.000762. The summed E-state index contributed by atoms with van der Waals surface area (Å²) in [7, 11) is 0. The third-order valence-electron chi connectivity index (χ3n) is 2.61. The Kier molecular flexibility index (Phi) is 5.63. The lowest BCUT2D eigenvalue weighted by molar-refractivity contribution is -0.139. The summed E-state index contributed by atoms with van der Waals surface area (Å²) in [5, 5.41) is 11.3. The van der Waals surface area contributed by atoms with Gasteiger partial charge in [-0.1, -0.05) is 19.9 Å². The molecule has 0 heterocycles. The normalized spacial score (nSPS) is 11.3. The number of benzene rings is 1. The van der Waals surface area contributed by atoms with E-state index in [1.807, 2.05) is 0 Å². The summed E-state index contributed by atoms with van der Waals surface area (Å²) in [5.74, 6) is -1.44. The Morgan fingerprint density at radius 3 is 2.57 bits per heavy atom. The molecule has 5 nitrogen and oxygen atoms in total. The molecular weight excluding hydrogens is 284 g/mol. The van der Waals surface area contributed by atoms with E-state index in [2.05, 4.69) is 10.1 Å². The number of hydrogen-bond acceptors (Lipinski definition) is 3. The topological polar surface area (TPSA) is 75.6 Å². The molecule has 1 amide bonds. The Morgan fingerprint density at radius 1 is 1.33 bits per heavy atom. The largest absolute Gasteiger partial charge is 0.481 e. The number of nitrogens with one attached hydrogen (secondary N) is 1. The number of carbonyl (C=O) groups is 2. The van der Waals surface area contributed by atoms with Crippen LogP contribution in [0.1, 0.15) is 26.7 Å². The first kappa shape index (κ1) is 16.9. The number of aliphatic carboxylic acids is 1. The van der Waals surface area contributed by atoms with Crippen LogP contribution in [0.25, 0.3) is 0 Å². The van der Waals surface area contributed by atoms with Crippen molar-refractivity contribution in [3.05, 3.63) is 24.3 Å². The molecule has 2 N–H and O–H groups in total. The van der Waals surface area contributed by atoms with Crippen molar-refractivity contribution in [1.82, 2.24) is 0 Å². The minimum Gasteiger partial charge on any atom is -0.481 e. The van der Waals surface area contributed by atoms with Gasteiger partial charge in [-0.05, 0) is 17.5 Å². The fourth-order valence-corrected chi connectivity index (χ4v) is 1.86. The molecule has 1 aromatic carbocycles. The van der Waals surface area contributed by atoms with E-state index in [1.165, 1.54) is 24.3 Å². The third kappa shape index (κ3) is 6.69. The van der Waals surface area contributed by atoms with Crippen LogP contribution in [0.4, 0.5) is 14.5 Å². The SMILES string of the molecule is CC(C)(CC(=O)O)CC(=O)Nc1cccc(OC(F)F)c1. The number of anilines is 1. The van der Waals surface area contributed by atoms with E-state index in [0.717, 1.165) is 0 Å². The lowest BCUT2D eigenvalue weighted by Crippen LogP contribution is -2.24. The minimum atomic E-state index is -2.94. The van der Waals surface area contributed by atoms with Gasteiger partial charge in [0, 0.05) is 18.2 Å². The summed E-state index contributed by atoms with van der Waals surface area (Å²) in [6.07, 6.45) is -0.145. The van der Waals surface area contributed by atoms with Gasteiger partial charge in [0.25, 0.3) is 0 Å². The maximum absolute atomic E-state index is 12.1. The van der Waals surface area contributed by atoms with Gasteiger partial charge >= 0.3 is 12.6 Å². The third-order valence-corrected chi connectivity index (χ3v) is 2.61. The van der Waals surface area contributed by atoms with E-state index in [9.17, 15) is 18.4 Å². The van der Waals surface area contributed by atoms with Gasteiger partial charge in [0.15, 0.2) is 0 Å². The van der Waals surface area contributed by atoms with Crippen molar-refractivity contribution in [2.75, 3.05) is 5.32 Å². The number of halogens is 2. The zero-order valence-corrected chi connectivity index (χ0v) is 11.7. The molecule has 0 radical (unpaired) electrons. The first-order valence-electron chi connectivity index (χ1n) is 6.24. The average Bonchev–Trinajstić information content (AvgIpc) is 2.24. The Labute approximate surface area is 120 Å². The van der Waals surface area contributed by atoms with Gasteiger partial charge in [-0.15, -0.1) is 0 Å². The van der Waals surface area contributed by atoms with Crippen molar-refractivity contribution in [1.29, 1.82) is 0 Å². The summed E-state index contributed by atoms with van der Waals surface area (Å²) in [6, 6.07) is 5.61. The zero-order chi connectivity index (χ0) is 16.0. The molecule has 0 atom stereocenters. The number of amides is 1. The second kappa shape index (κ2) is 7.01. The molecule has 116 valence electrons. The zero-order valence-electron chi connectivity index (χ0n) is 11.7. The molecule has 0 spiro atoms. The number of carbonyl (C=O) groups excluding carboxylic acids is 1. The maximum Gasteiger partial charge on any atom is 0.387 e. The van der Waals surface area contributed by atoms with Crippen molar-refractivity contribution in [2.45, 2.75) is 33.3 Å². The smallest absolute Gasteiger partial charge is 0.387 e. The highest BCUT2D eigenvalue weighted by atomic mass is 19.3. The number of rotatable bonds is 7. The number of carboxylic acids is 1. The molecule has 7 heteroatoms. The van der Waals surface area contributed by atoms with Crippen LogP contribution >= 0.6 is 0 Å². The van der Waals surface area contributed by atoms with Crippen molar-refractivity contribution in [3.63, 3.8) is 0 Å². The van der Waals surface area contributed by atoms with E-state index in [0.29, 0.717) is 5.69 Å². The molecule has 0 aliphatic rings. The van der Waals surface area contributed by atoms with Crippen LogP contribution in [-0.2, 0) is 9.59 Å². The lowest BCUT2D eigenvalue weighted by Gasteiger charge is -2.21. The molecule has 0 aromatic heterocycles. The van der Waals surface area contributed by atoms with Gasteiger partial charge in [-0.3, -0.25) is 9.59 Å². The van der Waals surface area contributed by atoms with Crippen LogP contribution in [-0.4, -0.2) is 23.6 Å². The highest BCUT2D eigenvalue weighted by molar-refractivity contribution is 5.91. The Balaban J connectivity index is 2.64. The number of carboxylic acid groups (broad SMARTS) is 1. The lowest BCUT2D eigenvalue weighted by atomic mass is 9.85. The molecule has 1 aromatic rings. The molecule has 0 aliphatic heterocycles. The molecule has 0 unspecified atom stereocenters. The Morgan fingerprint density at radius 2 is 2.00 bits per heavy atom. The second-order valence-corrected chi connectivity index (χ2v) is 5.37. The molecule has 0 aliphatic carbocycles. The van der Waals surface area contributed by atoms with E-state index in [4.69, 9.17) is 5.11 Å². The first-order valence-corrected chi connectivity index (χ1v) is 6.24. The van der Waals surface area contributed by atoms with Crippen molar-refractivity contribution in [3.8, 4) is 5.75 Å². The van der Waals surface area contributed by atoms with Crippen LogP contribution in [0.5, 0.6) is 5.75 Å². The van der Waals surface area contributed by atoms with Crippen molar-refractivity contribution >= 4 is 17.6 Å². The number of alkyl halides is 2. The molecule has 1 rings (SSSR count). The van der Waals surface area contributed by atoms with E-state index >= 15 is 0 Å². The maximum atomic E-state index is 12.1. The highest BCUT2D eigenvalue weighted by Crippen LogP contribution is 2.26. The average molecular weight is 301 g/mol. The van der Waals surface area contributed by atoms with Gasteiger partial charge < -0.3 is 15.2 Å². The monoisotopic (exact) mass is 301 g/mol. The first-order chi connectivity index (χ1) is 9.68. The standard InChI is InChI=1S/C14H17F2NO4/c1-14(2,8-12(19)20)7-11(18)17-9-4-3-5-10(6-9)21-13(15)16/h3-6,13H,7-8H2,1-2H3,(H,17,18)(H,19,20). The van der Waals surface area contributed by atoms with Crippen molar-refractivity contribution in [2.24, 2.45) is 5.41 Å². The Bertz CT molecular complexity index is 517. The summed E-state index contributed by atoms with van der Waals surface area (Å²) >= 11 is 0. The van der Waals surface area contributed by atoms with Crippen molar-refractivity contribution < 1.29 is 28.2 Å². The fraction of sp³-hybridized carbons (Fsp3) is 0.429. The van der Waals surface area contributed by atoms with Gasteiger partial charge in [0.05, 0.1) is 6.42 Å². The number of ether oxygens (including phenoxy) is 1. The van der Waals surface area contributed by atoms with Gasteiger partial charge in [-0.2, -0.15) is 8.78 Å². The molecule has 21 heavy (non-hydrogen) atoms. The number of hydrogen-bond donors (Lipinski definition) is 2. The van der Waals surface area contributed by atoms with Crippen LogP contribution in [0, 0.1) is 5.41 Å². The second-order valence-electron chi connectivity index (χ2n) is 5.37. The Hall–Kier alpha value is -2.18. The summed E-state index contributed by atoms with van der Waals surface area (Å²) in [5.41, 5.74) is -0.392. The van der Waals surface area contributed by atoms with Gasteiger partial charge in [0.1, 0.15) is 5.75 Å². The molecule has 0 fully saturated rings. The summed E-state index contributed by atoms with van der Waals surface area (Å²) in [6.45, 7) is 0.388. The molecule has 0 saturated carbocycles. The highest BCUT2D eigenvalue weighted by Gasteiger charge is 2.25. The van der Waals surface area contributed by atoms with Crippen LogP contribution in [0.2, 0.25) is 0 Å². The van der Waals surface area contributed by atoms with Gasteiger partial charge in [-0.25, -0.2) is 0 Å². The predicted octanol–water partition coefficient (Wildman–Crippen LogP) is 3.12. The summed E-state index contributed by atoms with van der Waals surface area (Å²) in [4.78, 5) is 22.5.